The van der Waals surface area contributed by atoms with Crippen molar-refractivity contribution in [2.45, 2.75) is 20.3 Å². The SMILES string of the molecule is Cc1cccc(Cc2cnc(NC(=O)c3ccccc3C)s2)c1. The quantitative estimate of drug-likeness (QED) is 0.762. The number of hydrogen-bond acceptors (Lipinski definition) is 3. The molecule has 0 atom stereocenters. The zero-order valence-electron chi connectivity index (χ0n) is 13.2. The van der Waals surface area contributed by atoms with Gasteiger partial charge in [-0.25, -0.2) is 4.98 Å². The molecule has 4 heteroatoms. The molecule has 0 saturated heterocycles. The minimum atomic E-state index is -0.112. The van der Waals surface area contributed by atoms with E-state index >= 15 is 0 Å². The van der Waals surface area contributed by atoms with Crippen molar-refractivity contribution in [1.82, 2.24) is 4.98 Å². The Kier molecular flexibility index (Phi) is 4.53. The number of hydrogen-bond donors (Lipinski definition) is 1. The summed E-state index contributed by atoms with van der Waals surface area (Å²) in [4.78, 5) is 17.8. The number of nitrogens with one attached hydrogen (secondary N) is 1. The Labute approximate surface area is 140 Å². The van der Waals surface area contributed by atoms with Crippen molar-refractivity contribution in [2.75, 3.05) is 5.32 Å². The monoisotopic (exact) mass is 322 g/mol. The maximum Gasteiger partial charge on any atom is 0.257 e. The summed E-state index contributed by atoms with van der Waals surface area (Å²) in [6.45, 7) is 4.02. The van der Waals surface area contributed by atoms with Gasteiger partial charge in [-0.3, -0.25) is 10.1 Å². The predicted octanol–water partition coefficient (Wildman–Crippen LogP) is 4.60. The van der Waals surface area contributed by atoms with Crippen LogP contribution in [0.4, 0.5) is 5.13 Å². The average Bonchev–Trinajstić information content (AvgIpc) is 2.94. The van der Waals surface area contributed by atoms with E-state index in [2.05, 4.69) is 41.5 Å². The number of benzene rings is 2. The molecule has 23 heavy (non-hydrogen) atoms. The van der Waals surface area contributed by atoms with Gasteiger partial charge in [0.1, 0.15) is 0 Å². The van der Waals surface area contributed by atoms with E-state index in [0.29, 0.717) is 10.7 Å². The Hall–Kier alpha value is -2.46. The van der Waals surface area contributed by atoms with Crippen molar-refractivity contribution in [1.29, 1.82) is 0 Å². The Morgan fingerprint density at radius 2 is 1.96 bits per heavy atom. The van der Waals surface area contributed by atoms with Crippen LogP contribution in [-0.4, -0.2) is 10.9 Å². The lowest BCUT2D eigenvalue weighted by Gasteiger charge is -2.04. The molecule has 0 fully saturated rings. The number of nitrogens with zero attached hydrogens (tertiary/aromatic N) is 1. The summed E-state index contributed by atoms with van der Waals surface area (Å²) in [7, 11) is 0. The first-order valence-corrected chi connectivity index (χ1v) is 8.31. The number of aromatic nitrogens is 1. The van der Waals surface area contributed by atoms with Gasteiger partial charge < -0.3 is 0 Å². The second kappa shape index (κ2) is 6.75. The van der Waals surface area contributed by atoms with Crippen LogP contribution in [0.25, 0.3) is 0 Å². The smallest absolute Gasteiger partial charge is 0.257 e. The normalized spacial score (nSPS) is 10.5. The zero-order chi connectivity index (χ0) is 16.2. The molecule has 0 aliphatic heterocycles. The van der Waals surface area contributed by atoms with Gasteiger partial charge in [0.25, 0.3) is 5.91 Å². The topological polar surface area (TPSA) is 42.0 Å². The maximum atomic E-state index is 12.3. The van der Waals surface area contributed by atoms with Crippen molar-refractivity contribution >= 4 is 22.4 Å². The molecule has 3 rings (SSSR count). The molecule has 0 bridgehead atoms. The van der Waals surface area contributed by atoms with E-state index in [0.717, 1.165) is 16.9 Å². The van der Waals surface area contributed by atoms with Crippen molar-refractivity contribution in [3.63, 3.8) is 0 Å². The lowest BCUT2D eigenvalue weighted by Crippen LogP contribution is -2.12. The Bertz CT molecular complexity index is 839. The lowest BCUT2D eigenvalue weighted by molar-refractivity contribution is 0.102. The first-order chi connectivity index (χ1) is 11.1. The van der Waals surface area contributed by atoms with E-state index in [-0.39, 0.29) is 5.91 Å². The molecule has 0 saturated carbocycles. The number of carbonyl (C=O) groups is 1. The Balaban J connectivity index is 1.70. The third-order valence-electron chi connectivity index (χ3n) is 3.62. The van der Waals surface area contributed by atoms with Gasteiger partial charge in [-0.2, -0.15) is 0 Å². The number of aryl methyl sites for hydroxylation is 2. The van der Waals surface area contributed by atoms with Gasteiger partial charge >= 0.3 is 0 Å². The van der Waals surface area contributed by atoms with Crippen LogP contribution >= 0.6 is 11.3 Å². The molecule has 116 valence electrons. The highest BCUT2D eigenvalue weighted by Gasteiger charge is 2.11. The second-order valence-corrected chi connectivity index (χ2v) is 6.68. The summed E-state index contributed by atoms with van der Waals surface area (Å²) < 4.78 is 0. The second-order valence-electron chi connectivity index (χ2n) is 5.57. The van der Waals surface area contributed by atoms with Gasteiger partial charge in [-0.15, -0.1) is 11.3 Å². The molecule has 1 amide bonds. The largest absolute Gasteiger partial charge is 0.298 e. The van der Waals surface area contributed by atoms with Crippen LogP contribution in [0.5, 0.6) is 0 Å². The highest BCUT2D eigenvalue weighted by Crippen LogP contribution is 2.22. The van der Waals surface area contributed by atoms with Crippen LogP contribution in [0.3, 0.4) is 0 Å². The predicted molar refractivity (Wildman–Crippen MR) is 95.2 cm³/mol. The van der Waals surface area contributed by atoms with Crippen LogP contribution in [0, 0.1) is 13.8 Å². The number of carbonyl (C=O) groups excluding carboxylic acids is 1. The van der Waals surface area contributed by atoms with E-state index in [1.54, 1.807) is 0 Å². The third-order valence-corrected chi connectivity index (χ3v) is 4.54. The fraction of sp³-hybridized carbons (Fsp3) is 0.158. The molecule has 1 N–H and O–H groups in total. The van der Waals surface area contributed by atoms with Crippen LogP contribution in [0.1, 0.15) is 31.9 Å². The van der Waals surface area contributed by atoms with Gasteiger partial charge in [0, 0.05) is 23.1 Å². The molecule has 0 spiro atoms. The lowest BCUT2D eigenvalue weighted by atomic mass is 10.1. The van der Waals surface area contributed by atoms with Gasteiger partial charge in [0.2, 0.25) is 0 Å². The average molecular weight is 322 g/mol. The summed E-state index contributed by atoms with van der Waals surface area (Å²) in [5, 5.41) is 3.52. The van der Waals surface area contributed by atoms with Crippen molar-refractivity contribution in [3.05, 3.63) is 81.9 Å². The fourth-order valence-corrected chi connectivity index (χ4v) is 3.30. The molecule has 0 aliphatic rings. The Morgan fingerprint density at radius 3 is 2.74 bits per heavy atom. The van der Waals surface area contributed by atoms with E-state index < -0.39 is 0 Å². The van der Waals surface area contributed by atoms with E-state index in [1.807, 2.05) is 37.4 Å². The number of rotatable bonds is 4. The first-order valence-electron chi connectivity index (χ1n) is 7.49. The van der Waals surface area contributed by atoms with Gasteiger partial charge in [0.05, 0.1) is 0 Å². The van der Waals surface area contributed by atoms with Gasteiger partial charge in [0.15, 0.2) is 5.13 Å². The van der Waals surface area contributed by atoms with Crippen molar-refractivity contribution in [3.8, 4) is 0 Å². The molecule has 3 nitrogen and oxygen atoms in total. The fourth-order valence-electron chi connectivity index (χ4n) is 2.46. The van der Waals surface area contributed by atoms with Crippen LogP contribution in [-0.2, 0) is 6.42 Å². The molecular formula is C19H18N2OS. The number of thiazole rings is 1. The molecule has 3 aromatic rings. The van der Waals surface area contributed by atoms with E-state index in [4.69, 9.17) is 0 Å². The standard InChI is InChI=1S/C19H18N2OS/c1-13-6-5-8-15(10-13)11-16-12-20-19(23-16)21-18(22)17-9-4-3-7-14(17)2/h3-10,12H,11H2,1-2H3,(H,20,21,22). The van der Waals surface area contributed by atoms with Crippen LogP contribution in [0.2, 0.25) is 0 Å². The number of anilines is 1. The Morgan fingerprint density at radius 1 is 1.13 bits per heavy atom. The third kappa shape index (κ3) is 3.85. The zero-order valence-corrected chi connectivity index (χ0v) is 14.0. The minimum absolute atomic E-state index is 0.112. The molecule has 1 heterocycles. The molecule has 0 aliphatic carbocycles. The maximum absolute atomic E-state index is 12.3. The summed E-state index contributed by atoms with van der Waals surface area (Å²) in [5.74, 6) is -0.112. The number of amides is 1. The van der Waals surface area contributed by atoms with Gasteiger partial charge in [-0.05, 0) is 31.0 Å². The van der Waals surface area contributed by atoms with Crippen LogP contribution in [0.15, 0.2) is 54.7 Å². The summed E-state index contributed by atoms with van der Waals surface area (Å²) in [6, 6.07) is 16.0. The molecule has 0 radical (unpaired) electrons. The van der Waals surface area contributed by atoms with E-state index in [9.17, 15) is 4.79 Å². The van der Waals surface area contributed by atoms with Crippen molar-refractivity contribution < 1.29 is 4.79 Å². The highest BCUT2D eigenvalue weighted by atomic mass is 32.1. The first kappa shape index (κ1) is 15.4. The highest BCUT2D eigenvalue weighted by molar-refractivity contribution is 7.15. The van der Waals surface area contributed by atoms with Crippen LogP contribution < -0.4 is 5.32 Å². The summed E-state index contributed by atoms with van der Waals surface area (Å²) in [5.41, 5.74) is 4.15. The molecule has 0 unspecified atom stereocenters. The van der Waals surface area contributed by atoms with Crippen molar-refractivity contribution in [2.24, 2.45) is 0 Å². The van der Waals surface area contributed by atoms with E-state index in [1.165, 1.54) is 22.5 Å². The summed E-state index contributed by atoms with van der Waals surface area (Å²) in [6.07, 6.45) is 2.67. The minimum Gasteiger partial charge on any atom is -0.298 e. The van der Waals surface area contributed by atoms with Gasteiger partial charge in [-0.1, -0.05) is 48.0 Å². The molecule has 2 aromatic carbocycles. The molecular weight excluding hydrogens is 304 g/mol. The molecule has 1 aromatic heterocycles. The summed E-state index contributed by atoms with van der Waals surface area (Å²) >= 11 is 1.52.